The summed E-state index contributed by atoms with van der Waals surface area (Å²) in [7, 11) is 0. The summed E-state index contributed by atoms with van der Waals surface area (Å²) >= 11 is 1.47. The first-order chi connectivity index (χ1) is 8.82. The summed E-state index contributed by atoms with van der Waals surface area (Å²) in [4.78, 5) is 30.7. The standard InChI is InChI=1S/C12H15N3O3S/c1-5-10(16)14-12(18)15(11(5)17)7(3)9-6(2)13-8(4)19-9/h7,17H,1-4H3,(H,14,16,18). The Hall–Kier alpha value is -1.89. The van der Waals surface area contributed by atoms with Crippen LogP contribution in [-0.4, -0.2) is 19.6 Å². The molecule has 0 bridgehead atoms. The number of hydrogen-bond acceptors (Lipinski definition) is 5. The molecule has 7 heteroatoms. The van der Waals surface area contributed by atoms with Gasteiger partial charge in [0.2, 0.25) is 5.88 Å². The van der Waals surface area contributed by atoms with Crippen LogP contribution in [-0.2, 0) is 0 Å². The van der Waals surface area contributed by atoms with Crippen molar-refractivity contribution in [3.05, 3.63) is 42.0 Å². The molecule has 0 aliphatic carbocycles. The van der Waals surface area contributed by atoms with E-state index in [0.29, 0.717) is 0 Å². The smallest absolute Gasteiger partial charge is 0.331 e. The van der Waals surface area contributed by atoms with Crippen molar-refractivity contribution in [3.8, 4) is 5.88 Å². The quantitative estimate of drug-likeness (QED) is 0.866. The molecule has 0 radical (unpaired) electrons. The number of hydrogen-bond donors (Lipinski definition) is 2. The summed E-state index contributed by atoms with van der Waals surface area (Å²) in [6, 6.07) is -0.380. The van der Waals surface area contributed by atoms with Crippen molar-refractivity contribution >= 4 is 11.3 Å². The molecular weight excluding hydrogens is 266 g/mol. The third-order valence-corrected chi connectivity index (χ3v) is 4.29. The molecule has 1 unspecified atom stereocenters. The predicted octanol–water partition coefficient (Wildman–Crippen LogP) is 1.23. The maximum Gasteiger partial charge on any atom is 0.331 e. The van der Waals surface area contributed by atoms with Gasteiger partial charge in [0.15, 0.2) is 0 Å². The van der Waals surface area contributed by atoms with Crippen LogP contribution in [0, 0.1) is 20.8 Å². The minimum Gasteiger partial charge on any atom is -0.494 e. The van der Waals surface area contributed by atoms with Crippen LogP contribution in [0.4, 0.5) is 0 Å². The van der Waals surface area contributed by atoms with Crippen LogP contribution in [0.1, 0.15) is 34.1 Å². The molecule has 0 saturated carbocycles. The lowest BCUT2D eigenvalue weighted by atomic mass is 10.2. The summed E-state index contributed by atoms with van der Waals surface area (Å²) in [5.41, 5.74) is -0.232. The summed E-state index contributed by atoms with van der Waals surface area (Å²) in [5, 5.41) is 10.9. The lowest BCUT2D eigenvalue weighted by Crippen LogP contribution is -2.33. The van der Waals surface area contributed by atoms with Gasteiger partial charge in [0.05, 0.1) is 27.2 Å². The average Bonchev–Trinajstić information content (AvgIpc) is 2.65. The minimum atomic E-state index is -0.619. The minimum absolute atomic E-state index is 0.130. The molecule has 0 fully saturated rings. The number of aryl methyl sites for hydroxylation is 2. The number of H-pyrrole nitrogens is 1. The molecule has 0 spiro atoms. The molecule has 102 valence electrons. The Morgan fingerprint density at radius 3 is 2.47 bits per heavy atom. The van der Waals surface area contributed by atoms with E-state index in [2.05, 4.69) is 9.97 Å². The lowest BCUT2D eigenvalue weighted by molar-refractivity contribution is 0.385. The lowest BCUT2D eigenvalue weighted by Gasteiger charge is -2.16. The highest BCUT2D eigenvalue weighted by Crippen LogP contribution is 2.29. The van der Waals surface area contributed by atoms with E-state index in [4.69, 9.17) is 0 Å². The van der Waals surface area contributed by atoms with Gasteiger partial charge in [-0.1, -0.05) is 0 Å². The topological polar surface area (TPSA) is 88.0 Å². The monoisotopic (exact) mass is 281 g/mol. The van der Waals surface area contributed by atoms with Gasteiger partial charge in [-0.3, -0.25) is 14.3 Å². The Balaban J connectivity index is 2.66. The maximum absolute atomic E-state index is 11.9. The van der Waals surface area contributed by atoms with E-state index in [-0.39, 0.29) is 17.5 Å². The molecule has 0 aliphatic rings. The highest BCUT2D eigenvalue weighted by atomic mass is 32.1. The SMILES string of the molecule is Cc1nc(C)c(C(C)n2c(O)c(C)c(=O)[nH]c2=O)s1. The first-order valence-electron chi connectivity index (χ1n) is 5.81. The van der Waals surface area contributed by atoms with Crippen molar-refractivity contribution in [2.24, 2.45) is 0 Å². The fourth-order valence-electron chi connectivity index (χ4n) is 2.04. The van der Waals surface area contributed by atoms with Crippen molar-refractivity contribution in [1.29, 1.82) is 0 Å². The Morgan fingerprint density at radius 2 is 1.95 bits per heavy atom. The van der Waals surface area contributed by atoms with Crippen LogP contribution in [0.2, 0.25) is 0 Å². The Kier molecular flexibility index (Phi) is 3.32. The molecule has 0 saturated heterocycles. The highest BCUT2D eigenvalue weighted by molar-refractivity contribution is 7.11. The number of nitrogens with one attached hydrogen (secondary N) is 1. The number of aromatic hydroxyl groups is 1. The first kappa shape index (κ1) is 13.5. The van der Waals surface area contributed by atoms with Crippen molar-refractivity contribution < 1.29 is 5.11 Å². The van der Waals surface area contributed by atoms with E-state index in [1.165, 1.54) is 22.8 Å². The Morgan fingerprint density at radius 1 is 1.32 bits per heavy atom. The number of aromatic nitrogens is 3. The molecule has 0 amide bonds. The molecule has 6 nitrogen and oxygen atoms in total. The van der Waals surface area contributed by atoms with Gasteiger partial charge >= 0.3 is 5.69 Å². The zero-order valence-electron chi connectivity index (χ0n) is 11.1. The fourth-order valence-corrected chi connectivity index (χ4v) is 3.01. The summed E-state index contributed by atoms with van der Waals surface area (Å²) in [6.07, 6.45) is 0. The molecule has 2 aromatic rings. The van der Waals surface area contributed by atoms with Crippen molar-refractivity contribution in [2.75, 3.05) is 0 Å². The van der Waals surface area contributed by atoms with Gasteiger partial charge in [-0.05, 0) is 27.7 Å². The van der Waals surface area contributed by atoms with Gasteiger partial charge in [0, 0.05) is 0 Å². The van der Waals surface area contributed by atoms with E-state index in [1.54, 1.807) is 6.92 Å². The number of nitrogens with zero attached hydrogens (tertiary/aromatic N) is 2. The van der Waals surface area contributed by atoms with E-state index in [9.17, 15) is 14.7 Å². The van der Waals surface area contributed by atoms with Gasteiger partial charge in [0.1, 0.15) is 0 Å². The maximum atomic E-state index is 11.9. The van der Waals surface area contributed by atoms with Gasteiger partial charge in [-0.25, -0.2) is 9.78 Å². The van der Waals surface area contributed by atoms with E-state index in [0.717, 1.165) is 15.6 Å². The zero-order valence-corrected chi connectivity index (χ0v) is 12.0. The fraction of sp³-hybridized carbons (Fsp3) is 0.417. The van der Waals surface area contributed by atoms with E-state index >= 15 is 0 Å². The molecule has 1 atom stereocenters. The van der Waals surface area contributed by atoms with Crippen molar-refractivity contribution in [2.45, 2.75) is 33.7 Å². The molecule has 2 heterocycles. The molecule has 2 rings (SSSR count). The summed E-state index contributed by atoms with van der Waals surface area (Å²) in [5.74, 6) is -0.299. The average molecular weight is 281 g/mol. The van der Waals surface area contributed by atoms with Crippen LogP contribution in [0.25, 0.3) is 0 Å². The van der Waals surface area contributed by atoms with Crippen molar-refractivity contribution in [1.82, 2.24) is 14.5 Å². The first-order valence-corrected chi connectivity index (χ1v) is 6.63. The highest BCUT2D eigenvalue weighted by Gasteiger charge is 2.20. The van der Waals surface area contributed by atoms with E-state index in [1.807, 2.05) is 13.8 Å². The van der Waals surface area contributed by atoms with Gasteiger partial charge in [-0.2, -0.15) is 0 Å². The zero-order chi connectivity index (χ0) is 14.3. The van der Waals surface area contributed by atoms with Crippen LogP contribution < -0.4 is 11.2 Å². The normalized spacial score (nSPS) is 12.6. The molecule has 2 aromatic heterocycles. The van der Waals surface area contributed by atoms with Crippen LogP contribution >= 0.6 is 11.3 Å². The molecule has 0 aliphatic heterocycles. The van der Waals surface area contributed by atoms with E-state index < -0.39 is 11.2 Å². The Bertz CT molecular complexity index is 742. The molecule has 0 aromatic carbocycles. The molecule has 19 heavy (non-hydrogen) atoms. The second-order valence-electron chi connectivity index (χ2n) is 4.44. The largest absolute Gasteiger partial charge is 0.494 e. The number of aromatic amines is 1. The summed E-state index contributed by atoms with van der Waals surface area (Å²) in [6.45, 7) is 7.00. The van der Waals surface area contributed by atoms with Gasteiger partial charge in [-0.15, -0.1) is 11.3 Å². The van der Waals surface area contributed by atoms with Gasteiger partial charge in [0.25, 0.3) is 5.56 Å². The van der Waals surface area contributed by atoms with Crippen LogP contribution in [0.3, 0.4) is 0 Å². The summed E-state index contributed by atoms with van der Waals surface area (Å²) < 4.78 is 1.18. The van der Waals surface area contributed by atoms with Crippen LogP contribution in [0.5, 0.6) is 5.88 Å². The predicted molar refractivity (Wildman–Crippen MR) is 73.1 cm³/mol. The third kappa shape index (κ3) is 2.21. The number of rotatable bonds is 2. The van der Waals surface area contributed by atoms with Crippen LogP contribution in [0.15, 0.2) is 9.59 Å². The molecule has 2 N–H and O–H groups in total. The van der Waals surface area contributed by atoms with Gasteiger partial charge < -0.3 is 5.11 Å². The second kappa shape index (κ2) is 4.65. The van der Waals surface area contributed by atoms with Crippen molar-refractivity contribution in [3.63, 3.8) is 0 Å². The number of thiazole rings is 1. The molecular formula is C12H15N3O3S. The Labute approximate surface area is 113 Å². The third-order valence-electron chi connectivity index (χ3n) is 3.05. The second-order valence-corrected chi connectivity index (χ2v) is 5.67.